The van der Waals surface area contributed by atoms with Gasteiger partial charge in [-0.15, -0.1) is 0 Å². The Morgan fingerprint density at radius 1 is 0.660 bits per heavy atom. The van der Waals surface area contributed by atoms with Crippen molar-refractivity contribution in [3.63, 3.8) is 0 Å². The fourth-order valence-corrected chi connectivity index (χ4v) is 5.25. The van der Waals surface area contributed by atoms with Gasteiger partial charge in [-0.1, -0.05) is 102 Å². The van der Waals surface area contributed by atoms with Crippen molar-refractivity contribution in [2.75, 3.05) is 0 Å². The van der Waals surface area contributed by atoms with Crippen LogP contribution in [0.1, 0.15) is 49.4 Å². The van der Waals surface area contributed by atoms with Gasteiger partial charge in [0.1, 0.15) is 31.2 Å². The Labute approximate surface area is 301 Å². The van der Waals surface area contributed by atoms with Crippen LogP contribution in [0.3, 0.4) is 0 Å². The van der Waals surface area contributed by atoms with Gasteiger partial charge in [0, 0.05) is 22.0 Å². The number of carbonyl (C=O) groups is 4. The molecule has 1 amide bonds. The molecule has 1 atom stereocenters. The number of benzene rings is 4. The number of carbonyl (C=O) groups excluding carboxylic acids is 4. The minimum absolute atomic E-state index is 0.0273. The molecule has 4 aromatic carbocycles. The summed E-state index contributed by atoms with van der Waals surface area (Å²) in [6.07, 6.45) is -1.39. The number of amides is 1. The molecule has 0 aliphatic heterocycles. The molecule has 0 aliphatic carbocycles. The molecule has 0 aromatic heterocycles. The molecule has 11 heteroatoms. The Morgan fingerprint density at radius 2 is 1.18 bits per heavy atom. The number of hydrogen-bond donors (Lipinski definition) is 1. The van der Waals surface area contributed by atoms with Gasteiger partial charge in [-0.25, -0.2) is 4.79 Å². The van der Waals surface area contributed by atoms with Crippen LogP contribution >= 0.6 is 23.2 Å². The van der Waals surface area contributed by atoms with Crippen molar-refractivity contribution in [2.45, 2.75) is 65.1 Å². The first-order valence-corrected chi connectivity index (χ1v) is 16.7. The van der Waals surface area contributed by atoms with Crippen LogP contribution in [0.2, 0.25) is 10.0 Å². The molecule has 0 unspecified atom stereocenters. The maximum atomic E-state index is 13.9. The lowest BCUT2D eigenvalue weighted by atomic mass is 9.94. The molecule has 9 nitrogen and oxygen atoms in total. The third-order valence-corrected chi connectivity index (χ3v) is 8.02. The summed E-state index contributed by atoms with van der Waals surface area (Å²) in [4.78, 5) is 53.4. The van der Waals surface area contributed by atoms with Crippen molar-refractivity contribution in [1.82, 2.24) is 5.32 Å². The zero-order valence-corrected chi connectivity index (χ0v) is 29.5. The van der Waals surface area contributed by atoms with Crippen molar-refractivity contribution in [3.05, 3.63) is 135 Å². The van der Waals surface area contributed by atoms with Crippen molar-refractivity contribution >= 4 is 47.0 Å². The van der Waals surface area contributed by atoms with Gasteiger partial charge < -0.3 is 24.3 Å². The van der Waals surface area contributed by atoms with E-state index < -0.39 is 47.8 Å². The van der Waals surface area contributed by atoms with Crippen molar-refractivity contribution in [2.24, 2.45) is 5.92 Å². The topological polar surface area (TPSA) is 117 Å². The summed E-state index contributed by atoms with van der Waals surface area (Å²) in [6, 6.07) is 28.8. The van der Waals surface area contributed by atoms with E-state index in [1.807, 2.05) is 12.1 Å². The molecule has 4 rings (SSSR count). The summed E-state index contributed by atoms with van der Waals surface area (Å²) in [5.41, 5.74) is 1.88. The highest BCUT2D eigenvalue weighted by molar-refractivity contribution is 6.35. The molecule has 0 saturated carbocycles. The molecule has 0 heterocycles. The lowest BCUT2D eigenvalue weighted by Gasteiger charge is -2.24. The first kappa shape index (κ1) is 38.0. The van der Waals surface area contributed by atoms with E-state index in [0.717, 1.165) is 0 Å². The molecule has 4 aromatic rings. The summed E-state index contributed by atoms with van der Waals surface area (Å²) in [6.45, 7) is 5.01. The van der Waals surface area contributed by atoms with Gasteiger partial charge in [0.15, 0.2) is 11.7 Å². The van der Waals surface area contributed by atoms with Gasteiger partial charge in [0.05, 0.1) is 6.04 Å². The Balaban J connectivity index is 1.50. The standard InChI is InChI=1S/C39H39Cl2NO8/c1-39(2,3)50-38(46)42-34(21-26-17-19-29(20-18-26)47-25-31-32(40)15-10-16-33(31)41)35(43)22-30(36(44)48-23-27-11-6-4-7-12-27)37(45)49-24-28-13-8-5-9-14-28/h4-20,30,34H,21-25H2,1-3H3,(H,42,46)/t34-/m0/s1. The second-order valence-electron chi connectivity index (χ2n) is 12.4. The predicted molar refractivity (Wildman–Crippen MR) is 190 cm³/mol. The SMILES string of the molecule is CC(C)(C)OC(=O)N[C@@H](Cc1ccc(OCc2c(Cl)cccc2Cl)cc1)C(=O)CC(C(=O)OCc1ccccc1)C(=O)OCc1ccccc1. The first-order valence-electron chi connectivity index (χ1n) is 16.0. The van der Waals surface area contributed by atoms with Crippen LogP contribution in [0.5, 0.6) is 5.75 Å². The molecule has 0 fully saturated rings. The Hall–Kier alpha value is -4.86. The van der Waals surface area contributed by atoms with Crippen LogP contribution in [0.25, 0.3) is 0 Å². The smallest absolute Gasteiger partial charge is 0.408 e. The zero-order chi connectivity index (χ0) is 36.1. The first-order chi connectivity index (χ1) is 23.9. The van der Waals surface area contributed by atoms with E-state index in [4.69, 9.17) is 42.1 Å². The average Bonchev–Trinajstić information content (AvgIpc) is 3.08. The zero-order valence-electron chi connectivity index (χ0n) is 28.0. The largest absolute Gasteiger partial charge is 0.489 e. The fourth-order valence-electron chi connectivity index (χ4n) is 4.74. The number of alkyl carbamates (subject to hydrolysis) is 1. The quantitative estimate of drug-likeness (QED) is 0.0745. The van der Waals surface area contributed by atoms with Crippen molar-refractivity contribution < 1.29 is 38.1 Å². The molecular weight excluding hydrogens is 681 g/mol. The molecular formula is C39H39Cl2NO8. The molecule has 0 radical (unpaired) electrons. The second kappa shape index (κ2) is 18.2. The average molecular weight is 721 g/mol. The van der Waals surface area contributed by atoms with Crippen LogP contribution in [0.4, 0.5) is 4.79 Å². The highest BCUT2D eigenvalue weighted by Crippen LogP contribution is 2.26. The van der Waals surface area contributed by atoms with E-state index in [9.17, 15) is 19.2 Å². The lowest BCUT2D eigenvalue weighted by Crippen LogP contribution is -2.46. The third kappa shape index (κ3) is 12.2. The highest BCUT2D eigenvalue weighted by atomic mass is 35.5. The van der Waals surface area contributed by atoms with Crippen molar-refractivity contribution in [3.8, 4) is 5.75 Å². The number of esters is 2. The predicted octanol–water partition coefficient (Wildman–Crippen LogP) is 8.07. The van der Waals surface area contributed by atoms with E-state index in [1.165, 1.54) is 0 Å². The lowest BCUT2D eigenvalue weighted by molar-refractivity contribution is -0.165. The van der Waals surface area contributed by atoms with Gasteiger partial charge >= 0.3 is 18.0 Å². The highest BCUT2D eigenvalue weighted by Gasteiger charge is 2.36. The van der Waals surface area contributed by atoms with Gasteiger partial charge in [0.25, 0.3) is 0 Å². The van der Waals surface area contributed by atoms with Crippen LogP contribution in [-0.2, 0) is 54.8 Å². The number of halogens is 2. The molecule has 50 heavy (non-hydrogen) atoms. The number of rotatable bonds is 15. The number of Topliss-reactive ketones (excluding diaryl/α,β-unsaturated/α-hetero) is 1. The second-order valence-corrected chi connectivity index (χ2v) is 13.3. The molecule has 0 spiro atoms. The minimum Gasteiger partial charge on any atom is -0.489 e. The number of nitrogens with one attached hydrogen (secondary N) is 1. The normalized spacial score (nSPS) is 11.7. The summed E-state index contributed by atoms with van der Waals surface area (Å²) in [5.74, 6) is -3.49. The molecule has 0 saturated heterocycles. The van der Waals surface area contributed by atoms with E-state index in [2.05, 4.69) is 5.32 Å². The van der Waals surface area contributed by atoms with E-state index in [-0.39, 0.29) is 26.2 Å². The molecule has 0 aliphatic rings. The summed E-state index contributed by atoms with van der Waals surface area (Å²) >= 11 is 12.5. The van der Waals surface area contributed by atoms with E-state index in [0.29, 0.717) is 38.0 Å². The molecule has 262 valence electrons. The van der Waals surface area contributed by atoms with Gasteiger partial charge in [-0.2, -0.15) is 0 Å². The summed E-state index contributed by atoms with van der Waals surface area (Å²) in [7, 11) is 0. The summed E-state index contributed by atoms with van der Waals surface area (Å²) in [5, 5.41) is 3.58. The molecule has 1 N–H and O–H groups in total. The van der Waals surface area contributed by atoms with Crippen LogP contribution in [-0.4, -0.2) is 35.5 Å². The maximum absolute atomic E-state index is 13.9. The van der Waals surface area contributed by atoms with E-state index in [1.54, 1.807) is 112 Å². The van der Waals surface area contributed by atoms with Gasteiger partial charge in [-0.05, 0) is 68.1 Å². The molecule has 0 bridgehead atoms. The van der Waals surface area contributed by atoms with Crippen LogP contribution in [0, 0.1) is 5.92 Å². The Morgan fingerprint density at radius 3 is 1.68 bits per heavy atom. The Bertz CT molecular complexity index is 1670. The van der Waals surface area contributed by atoms with Gasteiger partial charge in [0.2, 0.25) is 0 Å². The van der Waals surface area contributed by atoms with E-state index >= 15 is 0 Å². The fraction of sp³-hybridized carbons (Fsp3) is 0.282. The number of ether oxygens (including phenoxy) is 4. The maximum Gasteiger partial charge on any atom is 0.408 e. The third-order valence-electron chi connectivity index (χ3n) is 7.31. The number of hydrogen-bond acceptors (Lipinski definition) is 8. The van der Waals surface area contributed by atoms with Crippen LogP contribution < -0.4 is 10.1 Å². The van der Waals surface area contributed by atoms with Crippen LogP contribution in [0.15, 0.2) is 103 Å². The minimum atomic E-state index is -1.58. The van der Waals surface area contributed by atoms with Gasteiger partial charge in [-0.3, -0.25) is 14.4 Å². The Kier molecular flexibility index (Phi) is 13.8. The number of ketones is 1. The van der Waals surface area contributed by atoms with Crippen molar-refractivity contribution in [1.29, 1.82) is 0 Å². The summed E-state index contributed by atoms with van der Waals surface area (Å²) < 4.78 is 22.2. The monoisotopic (exact) mass is 719 g/mol.